The molecule has 0 radical (unpaired) electrons. The van der Waals surface area contributed by atoms with E-state index in [-0.39, 0.29) is 68.5 Å². The highest BCUT2D eigenvalue weighted by Gasteiger charge is 2.74. The van der Waals surface area contributed by atoms with Gasteiger partial charge < -0.3 is 39.4 Å². The summed E-state index contributed by atoms with van der Waals surface area (Å²) in [4.78, 5) is 79.1. The molecule has 2 aliphatic carbocycles. The molecule has 1 saturated heterocycles. The van der Waals surface area contributed by atoms with Crippen LogP contribution >= 0.6 is 0 Å². The van der Waals surface area contributed by atoms with Crippen molar-refractivity contribution in [3.8, 4) is 11.5 Å². The van der Waals surface area contributed by atoms with Crippen LogP contribution in [0.25, 0.3) is 0 Å². The van der Waals surface area contributed by atoms with Gasteiger partial charge in [-0.1, -0.05) is 19.9 Å². The van der Waals surface area contributed by atoms with Crippen molar-refractivity contribution in [1.29, 1.82) is 0 Å². The van der Waals surface area contributed by atoms with Crippen LogP contribution in [0.5, 0.6) is 11.5 Å². The summed E-state index contributed by atoms with van der Waals surface area (Å²) in [6.45, 7) is 14.3. The topological polar surface area (TPSA) is 196 Å². The van der Waals surface area contributed by atoms with Crippen molar-refractivity contribution in [2.24, 2.45) is 11.8 Å². The smallest absolute Gasteiger partial charge is 0.312 e. The molecule has 0 unspecified atom stereocenters. The molecule has 2 heterocycles. The zero-order chi connectivity index (χ0) is 41.4. The minimum Gasteiger partial charge on any atom is -0.504 e. The molecule has 308 valence electrons. The number of carbonyl (C=O) groups is 6. The number of ether oxygens (including phenoxy) is 5. The Kier molecular flexibility index (Phi) is 12.2. The highest BCUT2D eigenvalue weighted by atomic mass is 16.6. The lowest BCUT2D eigenvalue weighted by atomic mass is 9.50. The molecule has 1 spiro atoms. The lowest BCUT2D eigenvalue weighted by Gasteiger charge is -2.62. The first-order valence-corrected chi connectivity index (χ1v) is 19.4. The van der Waals surface area contributed by atoms with Gasteiger partial charge in [-0.15, -0.1) is 0 Å². The van der Waals surface area contributed by atoms with Crippen LogP contribution in [-0.2, 0) is 59.6 Å². The number of hydrogen-bond donors (Lipinski definition) is 3. The van der Waals surface area contributed by atoms with Crippen molar-refractivity contribution in [3.63, 3.8) is 0 Å². The van der Waals surface area contributed by atoms with Crippen LogP contribution in [0.1, 0.15) is 105 Å². The predicted molar refractivity (Wildman–Crippen MR) is 201 cm³/mol. The van der Waals surface area contributed by atoms with Gasteiger partial charge in [0, 0.05) is 36.9 Å². The van der Waals surface area contributed by atoms with E-state index in [4.69, 9.17) is 23.7 Å². The second-order valence-electron chi connectivity index (χ2n) is 17.5. The number of phenols is 1. The summed E-state index contributed by atoms with van der Waals surface area (Å²) >= 11 is 0. The van der Waals surface area contributed by atoms with Crippen molar-refractivity contribution >= 4 is 35.7 Å². The van der Waals surface area contributed by atoms with Gasteiger partial charge in [0.1, 0.15) is 22.6 Å². The van der Waals surface area contributed by atoms with E-state index in [1.54, 1.807) is 67.5 Å². The minimum absolute atomic E-state index is 0.0164. The number of amides is 2. The van der Waals surface area contributed by atoms with Gasteiger partial charge in [0.15, 0.2) is 17.6 Å². The van der Waals surface area contributed by atoms with Gasteiger partial charge in [0.05, 0.1) is 37.1 Å². The molecule has 3 N–H and O–H groups in total. The second-order valence-corrected chi connectivity index (χ2v) is 17.5. The third-order valence-electron chi connectivity index (χ3n) is 10.8. The molecule has 15 nitrogen and oxygen atoms in total. The minimum atomic E-state index is -1.17. The average molecular weight is 784 g/mol. The van der Waals surface area contributed by atoms with E-state index in [1.807, 2.05) is 13.1 Å². The number of piperidine rings is 1. The zero-order valence-electron chi connectivity index (χ0n) is 34.0. The lowest BCUT2D eigenvalue weighted by Crippen LogP contribution is -2.75. The number of carbonyl (C=O) groups excluding carboxylic acids is 6. The standard InChI is InChI=1S/C41H57N3O12/c1-23(20-31(48)54-38(3,4)5)36(50)42-17-13-29(46)52-27-12-15-41(56-30(47)14-18-43-37(51)24(2)21-32(49)55-39(6,7)8)28-22-25-10-11-26(45)34-33(25)40(41,35(27)53-34)16-19-44(28)9/h10-12,23-24,28,35,45H,13-22H2,1-9H3,(H,42,50)(H,43,51)/t23-,24-,28+,35-,40-,41+/m0/s1. The molecule has 5 rings (SSSR count). The number of benzene rings is 1. The molecule has 56 heavy (non-hydrogen) atoms. The zero-order valence-corrected chi connectivity index (χ0v) is 34.0. The van der Waals surface area contributed by atoms with Crippen LogP contribution in [0, 0.1) is 11.8 Å². The first-order chi connectivity index (χ1) is 26.1. The summed E-state index contributed by atoms with van der Waals surface area (Å²) in [7, 11) is 1.97. The van der Waals surface area contributed by atoms with Crippen molar-refractivity contribution in [3.05, 3.63) is 35.1 Å². The van der Waals surface area contributed by atoms with Crippen LogP contribution < -0.4 is 15.4 Å². The molecule has 15 heteroatoms. The Morgan fingerprint density at radius 3 is 1.98 bits per heavy atom. The Hall–Kier alpha value is -4.66. The van der Waals surface area contributed by atoms with E-state index in [0.29, 0.717) is 19.4 Å². The first kappa shape index (κ1) is 42.5. The lowest BCUT2D eigenvalue weighted by molar-refractivity contribution is -0.206. The van der Waals surface area contributed by atoms with Gasteiger partial charge in [-0.3, -0.25) is 33.7 Å². The predicted octanol–water partition coefficient (Wildman–Crippen LogP) is 3.51. The van der Waals surface area contributed by atoms with Gasteiger partial charge >= 0.3 is 23.9 Å². The Balaban J connectivity index is 1.28. The summed E-state index contributed by atoms with van der Waals surface area (Å²) in [5.41, 5.74) is -1.86. The molecule has 0 saturated carbocycles. The number of phenolic OH excluding ortho intramolecular Hbond substituents is 1. The van der Waals surface area contributed by atoms with Crippen LogP contribution in [0.4, 0.5) is 0 Å². The number of esters is 4. The molecule has 0 aromatic heterocycles. The number of likely N-dealkylation sites (tertiary alicyclic amines) is 1. The number of likely N-dealkylation sites (N-methyl/N-ethyl adjacent to an activating group) is 1. The maximum atomic E-state index is 13.8. The number of nitrogens with zero attached hydrogens (tertiary/aromatic N) is 1. The summed E-state index contributed by atoms with van der Waals surface area (Å²) < 4.78 is 29.6. The fourth-order valence-electron chi connectivity index (χ4n) is 8.42. The molecule has 2 amide bonds. The molecular formula is C41H57N3O12. The van der Waals surface area contributed by atoms with Crippen molar-refractivity contribution in [2.75, 3.05) is 26.7 Å². The molecule has 1 aromatic carbocycles. The van der Waals surface area contributed by atoms with E-state index in [0.717, 1.165) is 11.1 Å². The van der Waals surface area contributed by atoms with E-state index >= 15 is 0 Å². The fraction of sp³-hybridized carbons (Fsp3) is 0.659. The highest BCUT2D eigenvalue weighted by Crippen LogP contribution is 2.66. The van der Waals surface area contributed by atoms with Crippen molar-refractivity contribution < 1.29 is 57.6 Å². The van der Waals surface area contributed by atoms with Gasteiger partial charge in [-0.05, 0) is 85.7 Å². The van der Waals surface area contributed by atoms with Crippen molar-refractivity contribution in [1.82, 2.24) is 15.5 Å². The van der Waals surface area contributed by atoms with E-state index in [2.05, 4.69) is 15.5 Å². The SMILES string of the molecule is C[C@@H](CC(=O)OC(C)(C)C)C(=O)NCCC(=O)OC1=CC[C@@]2(OC(=O)CCNC(=O)[C@@H](C)CC(=O)OC(C)(C)C)[C@H]3Cc4ccc(O)c5c4[C@@]2(CCN3C)[C@H]1O5. The first-order valence-electron chi connectivity index (χ1n) is 19.4. The fourth-order valence-corrected chi connectivity index (χ4v) is 8.42. The molecule has 6 atom stereocenters. The Morgan fingerprint density at radius 1 is 0.875 bits per heavy atom. The van der Waals surface area contributed by atoms with E-state index in [1.165, 1.54) is 0 Å². The summed E-state index contributed by atoms with van der Waals surface area (Å²) in [5, 5.41) is 16.4. The molecule has 1 aromatic rings. The Morgan fingerprint density at radius 2 is 1.43 bits per heavy atom. The number of hydrogen-bond acceptors (Lipinski definition) is 13. The van der Waals surface area contributed by atoms with Gasteiger partial charge in [0.25, 0.3) is 0 Å². The number of aromatic hydroxyl groups is 1. The maximum absolute atomic E-state index is 13.8. The molecule has 4 aliphatic rings. The second kappa shape index (κ2) is 16.1. The maximum Gasteiger partial charge on any atom is 0.312 e. The summed E-state index contributed by atoms with van der Waals surface area (Å²) in [6.07, 6.45) is 1.42. The third-order valence-corrected chi connectivity index (χ3v) is 10.8. The largest absolute Gasteiger partial charge is 0.504 e. The van der Waals surface area contributed by atoms with Gasteiger partial charge in [-0.25, -0.2) is 0 Å². The quantitative estimate of drug-likeness (QED) is 0.183. The van der Waals surface area contributed by atoms with Crippen LogP contribution in [0.15, 0.2) is 24.0 Å². The monoisotopic (exact) mass is 783 g/mol. The van der Waals surface area contributed by atoms with Gasteiger partial charge in [-0.2, -0.15) is 0 Å². The van der Waals surface area contributed by atoms with E-state index < -0.39 is 75.8 Å². The third kappa shape index (κ3) is 8.82. The molecule has 2 bridgehead atoms. The molecule has 2 aliphatic heterocycles. The van der Waals surface area contributed by atoms with Crippen LogP contribution in [0.3, 0.4) is 0 Å². The van der Waals surface area contributed by atoms with Gasteiger partial charge in [0.2, 0.25) is 11.8 Å². The molecular weight excluding hydrogens is 726 g/mol. The van der Waals surface area contributed by atoms with Crippen molar-refractivity contribution in [2.45, 2.75) is 135 Å². The molecule has 1 fully saturated rings. The van der Waals surface area contributed by atoms with Crippen LogP contribution in [0.2, 0.25) is 0 Å². The average Bonchev–Trinajstić information content (AvgIpc) is 3.43. The number of nitrogens with one attached hydrogen (secondary N) is 2. The highest BCUT2D eigenvalue weighted by molar-refractivity contribution is 5.85. The van der Waals surface area contributed by atoms with Crippen LogP contribution in [-0.4, -0.2) is 101 Å². The van der Waals surface area contributed by atoms with E-state index in [9.17, 15) is 33.9 Å². The Bertz CT molecular complexity index is 1780. The summed E-state index contributed by atoms with van der Waals surface area (Å²) in [6, 6.07) is 3.14. The summed E-state index contributed by atoms with van der Waals surface area (Å²) in [5.74, 6) is -3.90. The Labute approximate surface area is 328 Å². The normalized spacial score (nSPS) is 24.6. The number of rotatable bonds is 14.